The maximum Gasteiger partial charge on any atom is 0.272 e. The molecule has 0 N–H and O–H groups in total. The van der Waals surface area contributed by atoms with Crippen LogP contribution in [0.1, 0.15) is 40.4 Å². The second kappa shape index (κ2) is 8.92. The fourth-order valence-corrected chi connectivity index (χ4v) is 2.49. The summed E-state index contributed by atoms with van der Waals surface area (Å²) < 4.78 is 0. The first-order valence-electron chi connectivity index (χ1n) is 8.47. The number of rotatable bonds is 7. The molecule has 0 atom stereocenters. The van der Waals surface area contributed by atoms with E-state index in [1.54, 1.807) is 47.4 Å². The minimum atomic E-state index is -0.191. The van der Waals surface area contributed by atoms with Gasteiger partial charge >= 0.3 is 0 Å². The van der Waals surface area contributed by atoms with Crippen molar-refractivity contribution in [2.45, 2.75) is 20.3 Å². The zero-order chi connectivity index (χ0) is 18.2. The highest BCUT2D eigenvalue weighted by Crippen LogP contribution is 2.07. The Morgan fingerprint density at radius 2 is 1.56 bits per heavy atom. The molecule has 2 rings (SSSR count). The fraction of sp³-hybridized carbons (Fsp3) is 0.368. The molecule has 2 aromatic rings. The zero-order valence-electron chi connectivity index (χ0n) is 15.0. The largest absolute Gasteiger partial charge is 0.340 e. The van der Waals surface area contributed by atoms with Crippen molar-refractivity contribution in [3.8, 4) is 0 Å². The monoisotopic (exact) mass is 340 g/mol. The predicted octanol–water partition coefficient (Wildman–Crippen LogP) is 2.27. The van der Waals surface area contributed by atoms with E-state index in [4.69, 9.17) is 0 Å². The summed E-state index contributed by atoms with van der Waals surface area (Å²) in [6.45, 7) is 5.63. The van der Waals surface area contributed by atoms with Crippen molar-refractivity contribution in [2.75, 3.05) is 26.7 Å². The van der Waals surface area contributed by atoms with Crippen molar-refractivity contribution in [1.29, 1.82) is 0 Å². The molecule has 2 heterocycles. The van der Waals surface area contributed by atoms with E-state index in [1.807, 2.05) is 26.0 Å². The Bertz CT molecular complexity index is 714. The van der Waals surface area contributed by atoms with Gasteiger partial charge in [0.25, 0.3) is 11.8 Å². The highest BCUT2D eigenvalue weighted by Gasteiger charge is 2.18. The van der Waals surface area contributed by atoms with Crippen LogP contribution in [0.25, 0.3) is 0 Å². The molecule has 0 bridgehead atoms. The number of amides is 2. The minimum Gasteiger partial charge on any atom is -0.340 e. The summed E-state index contributed by atoms with van der Waals surface area (Å²) >= 11 is 0. The number of carbonyl (C=O) groups is 2. The highest BCUT2D eigenvalue weighted by molar-refractivity contribution is 5.96. The Labute approximate surface area is 148 Å². The first-order valence-corrected chi connectivity index (χ1v) is 8.47. The molecule has 0 unspecified atom stereocenters. The zero-order valence-corrected chi connectivity index (χ0v) is 15.0. The number of nitrogens with zero attached hydrogens (tertiary/aromatic N) is 4. The van der Waals surface area contributed by atoms with Crippen LogP contribution in [-0.4, -0.2) is 58.3 Å². The summed E-state index contributed by atoms with van der Waals surface area (Å²) in [6, 6.07) is 8.85. The van der Waals surface area contributed by atoms with Gasteiger partial charge < -0.3 is 9.80 Å². The Balaban J connectivity index is 2.06. The lowest BCUT2D eigenvalue weighted by Gasteiger charge is -2.19. The summed E-state index contributed by atoms with van der Waals surface area (Å²) in [4.78, 5) is 36.5. The summed E-state index contributed by atoms with van der Waals surface area (Å²) in [7, 11) is 1.74. The average molecular weight is 340 g/mol. The van der Waals surface area contributed by atoms with Crippen LogP contribution in [-0.2, 0) is 6.42 Å². The maximum atomic E-state index is 12.6. The molecule has 6 nitrogen and oxygen atoms in total. The van der Waals surface area contributed by atoms with Gasteiger partial charge in [-0.2, -0.15) is 0 Å². The van der Waals surface area contributed by atoms with E-state index in [1.165, 1.54) is 0 Å². The van der Waals surface area contributed by atoms with E-state index in [-0.39, 0.29) is 17.5 Å². The van der Waals surface area contributed by atoms with Gasteiger partial charge in [-0.25, -0.2) is 4.98 Å². The molecule has 0 aliphatic heterocycles. The molecule has 0 saturated heterocycles. The molecule has 2 aromatic heterocycles. The van der Waals surface area contributed by atoms with Crippen molar-refractivity contribution in [3.63, 3.8) is 0 Å². The van der Waals surface area contributed by atoms with Crippen LogP contribution in [0.3, 0.4) is 0 Å². The molecule has 25 heavy (non-hydrogen) atoms. The molecule has 2 amide bonds. The van der Waals surface area contributed by atoms with E-state index in [0.29, 0.717) is 25.3 Å². The minimum absolute atomic E-state index is 0.154. The van der Waals surface area contributed by atoms with Gasteiger partial charge in [0.2, 0.25) is 0 Å². The van der Waals surface area contributed by atoms with Gasteiger partial charge in [0, 0.05) is 39.1 Å². The molecular formula is C19H24N4O2. The van der Waals surface area contributed by atoms with E-state index in [9.17, 15) is 9.59 Å². The Kier molecular flexibility index (Phi) is 6.62. The van der Waals surface area contributed by atoms with Crippen molar-refractivity contribution >= 4 is 11.8 Å². The maximum absolute atomic E-state index is 12.6. The summed E-state index contributed by atoms with van der Waals surface area (Å²) in [5.74, 6) is -0.345. The summed E-state index contributed by atoms with van der Waals surface area (Å²) in [6.07, 6.45) is 4.21. The fourth-order valence-electron chi connectivity index (χ4n) is 2.49. The number of carbonyl (C=O) groups excluding carboxylic acids is 2. The van der Waals surface area contributed by atoms with Gasteiger partial charge in [0.1, 0.15) is 11.4 Å². The molecule has 0 aliphatic rings. The second-order valence-corrected chi connectivity index (χ2v) is 5.72. The van der Waals surface area contributed by atoms with Gasteiger partial charge in [0.05, 0.1) is 0 Å². The van der Waals surface area contributed by atoms with Crippen LogP contribution in [0.2, 0.25) is 0 Å². The first-order chi connectivity index (χ1) is 12.1. The molecule has 132 valence electrons. The lowest BCUT2D eigenvalue weighted by Crippen LogP contribution is -2.33. The lowest BCUT2D eigenvalue weighted by molar-refractivity contribution is 0.0765. The van der Waals surface area contributed by atoms with E-state index >= 15 is 0 Å². The van der Waals surface area contributed by atoms with Gasteiger partial charge in [-0.15, -0.1) is 0 Å². The summed E-state index contributed by atoms with van der Waals surface area (Å²) in [5.41, 5.74) is 1.71. The third kappa shape index (κ3) is 4.86. The normalized spacial score (nSPS) is 10.4. The van der Waals surface area contributed by atoms with Crippen molar-refractivity contribution in [1.82, 2.24) is 19.8 Å². The Morgan fingerprint density at radius 3 is 2.16 bits per heavy atom. The molecule has 0 aromatic carbocycles. The van der Waals surface area contributed by atoms with E-state index < -0.39 is 0 Å². The summed E-state index contributed by atoms with van der Waals surface area (Å²) in [5, 5.41) is 0. The van der Waals surface area contributed by atoms with Gasteiger partial charge in [-0.05, 0) is 50.1 Å². The third-order valence-electron chi connectivity index (χ3n) is 4.07. The van der Waals surface area contributed by atoms with Gasteiger partial charge in [-0.1, -0.05) is 6.07 Å². The number of pyridine rings is 2. The smallest absolute Gasteiger partial charge is 0.272 e. The van der Waals surface area contributed by atoms with Crippen molar-refractivity contribution in [2.24, 2.45) is 0 Å². The molecule has 0 saturated carbocycles. The van der Waals surface area contributed by atoms with Crippen LogP contribution in [0.15, 0.2) is 42.7 Å². The molecule has 0 radical (unpaired) electrons. The van der Waals surface area contributed by atoms with Crippen LogP contribution < -0.4 is 0 Å². The van der Waals surface area contributed by atoms with Gasteiger partial charge in [-0.3, -0.25) is 14.6 Å². The van der Waals surface area contributed by atoms with Crippen LogP contribution in [0.4, 0.5) is 0 Å². The quantitative estimate of drug-likeness (QED) is 0.775. The highest BCUT2D eigenvalue weighted by atomic mass is 16.2. The first kappa shape index (κ1) is 18.6. The van der Waals surface area contributed by atoms with Crippen LogP contribution in [0.5, 0.6) is 0 Å². The molecule has 0 spiro atoms. The van der Waals surface area contributed by atoms with Crippen LogP contribution in [0, 0.1) is 0 Å². The van der Waals surface area contributed by atoms with Gasteiger partial charge in [0.15, 0.2) is 0 Å². The molecule has 0 aliphatic carbocycles. The predicted molar refractivity (Wildman–Crippen MR) is 96.4 cm³/mol. The lowest BCUT2D eigenvalue weighted by atomic mass is 10.2. The number of likely N-dealkylation sites (N-methyl/N-ethyl adjacent to an activating group) is 1. The topological polar surface area (TPSA) is 66.4 Å². The number of hydrogen-bond acceptors (Lipinski definition) is 4. The Morgan fingerprint density at radius 1 is 0.960 bits per heavy atom. The standard InChI is InChI=1S/C19H24N4O2/c1-4-23(5-2)19(25)17-8-6-7-16(21-17)18(24)22(3)14-11-15-9-12-20-13-10-15/h6-10,12-13H,4-5,11,14H2,1-3H3. The second-order valence-electron chi connectivity index (χ2n) is 5.72. The molecule has 6 heteroatoms. The Hall–Kier alpha value is -2.76. The number of aromatic nitrogens is 2. The molecule has 0 fully saturated rings. The third-order valence-corrected chi connectivity index (χ3v) is 4.07. The number of hydrogen-bond donors (Lipinski definition) is 0. The average Bonchev–Trinajstić information content (AvgIpc) is 2.67. The SMILES string of the molecule is CCN(CC)C(=O)c1cccc(C(=O)N(C)CCc2ccncc2)n1. The van der Waals surface area contributed by atoms with Crippen molar-refractivity contribution in [3.05, 3.63) is 59.7 Å². The van der Waals surface area contributed by atoms with Crippen LogP contribution >= 0.6 is 0 Å². The molecular weight excluding hydrogens is 316 g/mol. The van der Waals surface area contributed by atoms with Crippen molar-refractivity contribution < 1.29 is 9.59 Å². The van der Waals surface area contributed by atoms with E-state index in [0.717, 1.165) is 12.0 Å². The van der Waals surface area contributed by atoms with E-state index in [2.05, 4.69) is 9.97 Å².